The van der Waals surface area contributed by atoms with Gasteiger partial charge in [-0.15, -0.1) is 22.7 Å². The largest absolute Gasteiger partial charge is 0.216 e. The number of benzene rings is 6. The Hall–Kier alpha value is -2.76. The van der Waals surface area contributed by atoms with Crippen LogP contribution in [0.3, 0.4) is 0 Å². The van der Waals surface area contributed by atoms with Gasteiger partial charge in [0.15, 0.2) is 0 Å². The summed E-state index contributed by atoms with van der Waals surface area (Å²) in [6, 6.07) is 45.4. The lowest BCUT2D eigenvalue weighted by Crippen LogP contribution is -2.03. The van der Waals surface area contributed by atoms with Gasteiger partial charge >= 0.3 is 0 Å². The molecule has 0 N–H and O–H groups in total. The van der Waals surface area contributed by atoms with Crippen LogP contribution in [0.1, 0.15) is 11.1 Å². The molecule has 0 unspecified atom stereocenters. The number of hydrogen-bond acceptors (Lipinski definition) is 2. The van der Waals surface area contributed by atoms with E-state index in [2.05, 4.69) is 48.5 Å². The molecule has 0 nitrogen and oxygen atoms in total. The Morgan fingerprint density at radius 1 is 0.354 bits per heavy atom. The summed E-state index contributed by atoms with van der Waals surface area (Å²) in [5, 5.41) is 2.46. The van der Waals surface area contributed by atoms with E-state index in [1.807, 2.05) is 84.9 Å². The second-order valence-corrected chi connectivity index (χ2v) is 18.2. The highest BCUT2D eigenvalue weighted by atomic mass is 35.6. The summed E-state index contributed by atoms with van der Waals surface area (Å²) in [6.45, 7) is 0. The van der Waals surface area contributed by atoms with Gasteiger partial charge in [0.1, 0.15) is 0 Å². The van der Waals surface area contributed by atoms with Crippen LogP contribution >= 0.6 is 92.3 Å². The predicted octanol–water partition coefficient (Wildman–Crippen LogP) is 15.6. The lowest BCUT2D eigenvalue weighted by atomic mass is 9.95. The highest BCUT2D eigenvalue weighted by Crippen LogP contribution is 2.49. The second-order valence-electron chi connectivity index (χ2n) is 11.5. The first-order chi connectivity index (χ1) is 23.0. The number of alkyl halides is 6. The number of hydrogen-bond donors (Lipinski definition) is 0. The van der Waals surface area contributed by atoms with Gasteiger partial charge in [0.2, 0.25) is 7.59 Å². The SMILES string of the molecule is ClC(Cl)(Cl)c1cc(-c2ccc3c(c2)sc2c4ccc(-c5ccc(-c6ccccc6)c(C(Cl)(Cl)Cl)c5)cc4sc32)ccc1-c1ccccc1. The first kappa shape index (κ1) is 32.4. The van der Waals surface area contributed by atoms with Crippen LogP contribution in [0.5, 0.6) is 0 Å². The van der Waals surface area contributed by atoms with Crippen molar-refractivity contribution in [1.82, 2.24) is 0 Å². The average Bonchev–Trinajstić information content (AvgIpc) is 3.63. The molecule has 2 aromatic heterocycles. The highest BCUT2D eigenvalue weighted by Gasteiger charge is 2.28. The minimum Gasteiger partial charge on any atom is -0.134 e. The van der Waals surface area contributed by atoms with Crippen LogP contribution in [0.15, 0.2) is 133 Å². The van der Waals surface area contributed by atoms with Crippen LogP contribution in [-0.4, -0.2) is 0 Å². The molecule has 2 heterocycles. The molecule has 8 aromatic rings. The monoisotopic (exact) mass is 776 g/mol. The van der Waals surface area contributed by atoms with Gasteiger partial charge in [-0.25, -0.2) is 0 Å². The predicted molar refractivity (Wildman–Crippen MR) is 215 cm³/mol. The molecule has 0 radical (unpaired) electrons. The van der Waals surface area contributed by atoms with Gasteiger partial charge in [0, 0.05) is 31.3 Å². The standard InChI is InChI=1S/C40H22Cl6S2/c41-39(42,43)33-19-25(11-15-29(33)23-7-3-1-4-8-23)27-13-17-31-35(21-27)47-38-32-18-14-28(22-36(32)48-37(31)38)26-12-16-30(24-9-5-2-6-10-24)34(20-26)40(44,45)46/h1-22H. The molecule has 0 bridgehead atoms. The molecule has 8 rings (SSSR count). The fourth-order valence-corrected chi connectivity index (χ4v) is 9.94. The van der Waals surface area contributed by atoms with E-state index in [1.165, 1.54) is 29.6 Å². The lowest BCUT2D eigenvalue weighted by Gasteiger charge is -2.18. The Morgan fingerprint density at radius 3 is 1.08 bits per heavy atom. The van der Waals surface area contributed by atoms with Crippen LogP contribution < -0.4 is 0 Å². The third-order valence-electron chi connectivity index (χ3n) is 8.57. The van der Waals surface area contributed by atoms with Crippen molar-refractivity contribution in [3.63, 3.8) is 0 Å². The molecular weight excluding hydrogens is 757 g/mol. The van der Waals surface area contributed by atoms with Crippen LogP contribution in [0, 0.1) is 0 Å². The van der Waals surface area contributed by atoms with Crippen molar-refractivity contribution < 1.29 is 0 Å². The Bertz CT molecular complexity index is 2290. The smallest absolute Gasteiger partial charge is 0.134 e. The van der Waals surface area contributed by atoms with Crippen molar-refractivity contribution in [3.05, 3.63) is 145 Å². The molecule has 0 amide bonds. The molecule has 0 saturated heterocycles. The van der Waals surface area contributed by atoms with Crippen molar-refractivity contribution in [2.24, 2.45) is 0 Å². The number of rotatable bonds is 4. The molecule has 6 aromatic carbocycles. The van der Waals surface area contributed by atoms with Crippen molar-refractivity contribution in [1.29, 1.82) is 0 Å². The van der Waals surface area contributed by atoms with E-state index in [0.717, 1.165) is 44.5 Å². The molecular formula is C40H22Cl6S2. The van der Waals surface area contributed by atoms with Gasteiger partial charge in [-0.05, 0) is 68.8 Å². The third-order valence-corrected chi connectivity index (χ3v) is 12.3. The normalized spacial score (nSPS) is 12.4. The molecule has 48 heavy (non-hydrogen) atoms. The summed E-state index contributed by atoms with van der Waals surface area (Å²) in [4.78, 5) is 0. The van der Waals surface area contributed by atoms with E-state index in [4.69, 9.17) is 69.6 Å². The van der Waals surface area contributed by atoms with Crippen LogP contribution in [0.4, 0.5) is 0 Å². The van der Waals surface area contributed by atoms with Crippen molar-refractivity contribution in [2.75, 3.05) is 0 Å². The Labute approximate surface area is 316 Å². The first-order valence-electron chi connectivity index (χ1n) is 15.0. The number of halogens is 6. The third kappa shape index (κ3) is 6.02. The van der Waals surface area contributed by atoms with Gasteiger partial charge in [0.05, 0.1) is 9.40 Å². The summed E-state index contributed by atoms with van der Waals surface area (Å²) in [5.74, 6) is 0. The summed E-state index contributed by atoms with van der Waals surface area (Å²) in [6.07, 6.45) is 0. The van der Waals surface area contributed by atoms with Gasteiger partial charge in [-0.3, -0.25) is 0 Å². The fourth-order valence-electron chi connectivity index (χ4n) is 6.27. The van der Waals surface area contributed by atoms with Gasteiger partial charge in [-0.1, -0.05) is 179 Å². The van der Waals surface area contributed by atoms with E-state index in [-0.39, 0.29) is 0 Å². The second kappa shape index (κ2) is 12.5. The van der Waals surface area contributed by atoms with Gasteiger partial charge < -0.3 is 0 Å². The van der Waals surface area contributed by atoms with E-state index >= 15 is 0 Å². The highest BCUT2D eigenvalue weighted by molar-refractivity contribution is 7.36. The first-order valence-corrected chi connectivity index (χ1v) is 18.9. The summed E-state index contributed by atoms with van der Waals surface area (Å²) in [5.41, 5.74) is 9.25. The molecule has 0 fully saturated rings. The van der Waals surface area contributed by atoms with Crippen LogP contribution in [0.2, 0.25) is 0 Å². The minimum atomic E-state index is -1.57. The molecule has 0 saturated carbocycles. The van der Waals surface area contributed by atoms with Crippen LogP contribution in [-0.2, 0) is 7.59 Å². The number of thiophene rings is 2. The van der Waals surface area contributed by atoms with Crippen molar-refractivity contribution in [2.45, 2.75) is 7.59 Å². The zero-order valence-electron chi connectivity index (χ0n) is 24.8. The molecule has 0 aliphatic heterocycles. The Balaban J connectivity index is 1.17. The zero-order valence-corrected chi connectivity index (χ0v) is 31.0. The molecule has 0 spiro atoms. The topological polar surface area (TPSA) is 0 Å². The zero-order chi connectivity index (χ0) is 33.2. The lowest BCUT2D eigenvalue weighted by molar-refractivity contribution is 1.24. The summed E-state index contributed by atoms with van der Waals surface area (Å²) < 4.78 is 1.84. The fraction of sp³-hybridized carbons (Fsp3) is 0.0500. The quantitative estimate of drug-likeness (QED) is 0.156. The Morgan fingerprint density at radius 2 is 0.708 bits per heavy atom. The van der Waals surface area contributed by atoms with Crippen LogP contribution in [0.25, 0.3) is 74.1 Å². The van der Waals surface area contributed by atoms with Crippen molar-refractivity contribution in [3.8, 4) is 44.5 Å². The van der Waals surface area contributed by atoms with Crippen molar-refractivity contribution >= 4 is 122 Å². The maximum absolute atomic E-state index is 6.49. The summed E-state index contributed by atoms with van der Waals surface area (Å²) >= 11 is 42.5. The van der Waals surface area contributed by atoms with E-state index in [0.29, 0.717) is 11.1 Å². The van der Waals surface area contributed by atoms with Gasteiger partial charge in [-0.2, -0.15) is 0 Å². The maximum atomic E-state index is 6.49. The molecule has 236 valence electrons. The Kier molecular flexibility index (Phi) is 8.47. The summed E-state index contributed by atoms with van der Waals surface area (Å²) in [7, 11) is 0. The molecule has 0 aliphatic rings. The molecule has 0 aliphatic carbocycles. The molecule has 8 heteroatoms. The number of fused-ring (bicyclic) bond motifs is 5. The van der Waals surface area contributed by atoms with E-state index in [9.17, 15) is 0 Å². The maximum Gasteiger partial charge on any atom is 0.216 e. The minimum absolute atomic E-state index is 0.654. The van der Waals surface area contributed by atoms with Gasteiger partial charge in [0.25, 0.3) is 0 Å². The molecule has 0 atom stereocenters. The van der Waals surface area contributed by atoms with E-state index < -0.39 is 7.59 Å². The van der Waals surface area contributed by atoms with E-state index in [1.54, 1.807) is 22.7 Å². The average molecular weight is 779 g/mol.